The summed E-state index contributed by atoms with van der Waals surface area (Å²) in [5.41, 5.74) is 0.478. The molecule has 1 rings (SSSR count). The Morgan fingerprint density at radius 2 is 2.00 bits per heavy atom. The van der Waals surface area contributed by atoms with Crippen molar-refractivity contribution in [1.29, 1.82) is 0 Å². The van der Waals surface area contributed by atoms with Crippen molar-refractivity contribution in [3.8, 4) is 0 Å². The minimum atomic E-state index is -0.501. The number of rotatable bonds is 0. The molecule has 1 aromatic heterocycles. The van der Waals surface area contributed by atoms with E-state index in [2.05, 4.69) is 4.98 Å². The van der Waals surface area contributed by atoms with E-state index in [4.69, 9.17) is 7.85 Å². The van der Waals surface area contributed by atoms with Crippen LogP contribution in [0.5, 0.6) is 0 Å². The van der Waals surface area contributed by atoms with Crippen molar-refractivity contribution in [3.05, 3.63) is 24.3 Å². The van der Waals surface area contributed by atoms with Gasteiger partial charge in [-0.15, -0.1) is 0 Å². The molecule has 3 heteroatoms. The van der Waals surface area contributed by atoms with Crippen LogP contribution < -0.4 is 5.46 Å². The first-order valence-corrected chi connectivity index (χ1v) is 3.16. The zero-order valence-electron chi connectivity index (χ0n) is 6.13. The van der Waals surface area contributed by atoms with Crippen molar-refractivity contribution < 1.29 is 4.39 Å². The van der Waals surface area contributed by atoms with E-state index in [0.29, 0.717) is 5.46 Å². The van der Waals surface area contributed by atoms with Crippen molar-refractivity contribution in [2.45, 2.75) is 13.8 Å². The van der Waals surface area contributed by atoms with E-state index in [9.17, 15) is 4.39 Å². The number of aromatic nitrogens is 1. The molecule has 0 amide bonds. The highest BCUT2D eigenvalue weighted by molar-refractivity contribution is 6.31. The van der Waals surface area contributed by atoms with Crippen molar-refractivity contribution in [1.82, 2.24) is 4.98 Å². The summed E-state index contributed by atoms with van der Waals surface area (Å²) < 4.78 is 11.9. The summed E-state index contributed by atoms with van der Waals surface area (Å²) in [6.45, 7) is 4.00. The van der Waals surface area contributed by atoms with Gasteiger partial charge in [-0.2, -0.15) is 4.39 Å². The molecule has 0 aliphatic heterocycles. The van der Waals surface area contributed by atoms with E-state index in [1.165, 1.54) is 18.3 Å². The maximum Gasteiger partial charge on any atom is 0.212 e. The normalized spacial score (nSPS) is 7.90. The molecule has 10 heavy (non-hydrogen) atoms. The minimum Gasteiger partial charge on any atom is -0.229 e. The molecule has 2 radical (unpaired) electrons. The summed E-state index contributed by atoms with van der Waals surface area (Å²) in [4.78, 5) is 3.29. The largest absolute Gasteiger partial charge is 0.229 e. The molecule has 0 aliphatic rings. The van der Waals surface area contributed by atoms with Crippen LogP contribution in [0, 0.1) is 5.95 Å². The van der Waals surface area contributed by atoms with Gasteiger partial charge in [-0.05, 0) is 6.07 Å². The fourth-order valence-electron chi connectivity index (χ4n) is 0.387. The number of hydrogen-bond donors (Lipinski definition) is 0. The second kappa shape index (κ2) is 4.97. The molecule has 0 saturated heterocycles. The number of halogens is 1. The van der Waals surface area contributed by atoms with Crippen LogP contribution in [0.15, 0.2) is 18.3 Å². The molecule has 0 fully saturated rings. The lowest BCUT2D eigenvalue weighted by atomic mass is 9.99. The first-order valence-electron chi connectivity index (χ1n) is 3.16. The highest BCUT2D eigenvalue weighted by Crippen LogP contribution is 1.83. The molecule has 0 N–H and O–H groups in total. The standard InChI is InChI=1S/C5H3BFN.C2H6/c6-4-1-2-5(7)8-3-4;1-2/h1-3H;1-2H3. The van der Waals surface area contributed by atoms with E-state index < -0.39 is 5.95 Å². The molecule has 1 nitrogen and oxygen atoms in total. The number of nitrogens with zero attached hydrogens (tertiary/aromatic N) is 1. The van der Waals surface area contributed by atoms with Crippen LogP contribution >= 0.6 is 0 Å². The lowest BCUT2D eigenvalue weighted by molar-refractivity contribution is 0.584. The first-order chi connectivity index (χ1) is 4.79. The Morgan fingerprint density at radius 3 is 2.30 bits per heavy atom. The summed E-state index contributed by atoms with van der Waals surface area (Å²) in [7, 11) is 5.20. The quantitative estimate of drug-likeness (QED) is 0.384. The molecule has 0 aliphatic carbocycles. The van der Waals surface area contributed by atoms with Gasteiger partial charge in [0, 0.05) is 6.20 Å². The van der Waals surface area contributed by atoms with Gasteiger partial charge in [0.1, 0.15) is 7.85 Å². The average molecular weight is 137 g/mol. The van der Waals surface area contributed by atoms with E-state index in [1.54, 1.807) is 0 Å². The van der Waals surface area contributed by atoms with Gasteiger partial charge in [0.05, 0.1) is 0 Å². The average Bonchev–Trinajstić information content (AvgIpc) is 2.00. The SMILES string of the molecule is CC.[B]c1ccc(F)nc1. The Kier molecular flexibility index (Phi) is 4.55. The second-order valence-electron chi connectivity index (χ2n) is 1.41. The molecule has 1 heterocycles. The highest BCUT2D eigenvalue weighted by Gasteiger charge is 1.84. The summed E-state index contributed by atoms with van der Waals surface area (Å²) in [5, 5.41) is 0. The predicted octanol–water partition coefficient (Wildman–Crippen LogP) is 1.04. The summed E-state index contributed by atoms with van der Waals surface area (Å²) in [6, 6.07) is 2.68. The van der Waals surface area contributed by atoms with E-state index in [1.807, 2.05) is 13.8 Å². The van der Waals surface area contributed by atoms with Crippen molar-refractivity contribution >= 4 is 13.3 Å². The molecule has 0 aromatic carbocycles. The molecular formula is C7H9BFN. The third kappa shape index (κ3) is 3.23. The van der Waals surface area contributed by atoms with Gasteiger partial charge in [-0.1, -0.05) is 25.4 Å². The van der Waals surface area contributed by atoms with Gasteiger partial charge < -0.3 is 0 Å². The molecule has 0 atom stereocenters. The first kappa shape index (κ1) is 9.14. The van der Waals surface area contributed by atoms with Crippen molar-refractivity contribution in [2.24, 2.45) is 0 Å². The molecule has 0 spiro atoms. The Bertz CT molecular complexity index is 152. The van der Waals surface area contributed by atoms with Crippen LogP contribution in [0.1, 0.15) is 13.8 Å². The summed E-state index contributed by atoms with van der Waals surface area (Å²) in [5.74, 6) is -0.501. The van der Waals surface area contributed by atoms with Gasteiger partial charge in [0.15, 0.2) is 0 Å². The fourth-order valence-corrected chi connectivity index (χ4v) is 0.387. The Balaban J connectivity index is 0.000000371. The number of pyridine rings is 1. The highest BCUT2D eigenvalue weighted by atomic mass is 19.1. The van der Waals surface area contributed by atoms with Crippen LogP contribution in [-0.4, -0.2) is 12.8 Å². The lowest BCUT2D eigenvalue weighted by Gasteiger charge is -1.86. The maximum atomic E-state index is 11.9. The molecule has 0 unspecified atom stereocenters. The Morgan fingerprint density at radius 1 is 1.40 bits per heavy atom. The fraction of sp³-hybridized carbons (Fsp3) is 0.286. The van der Waals surface area contributed by atoms with E-state index in [-0.39, 0.29) is 0 Å². The predicted molar refractivity (Wildman–Crippen MR) is 40.9 cm³/mol. The topological polar surface area (TPSA) is 12.9 Å². The summed E-state index contributed by atoms with van der Waals surface area (Å²) in [6.07, 6.45) is 1.27. The third-order valence-electron chi connectivity index (χ3n) is 0.750. The van der Waals surface area contributed by atoms with Crippen molar-refractivity contribution in [3.63, 3.8) is 0 Å². The molecular weight excluding hydrogens is 128 g/mol. The second-order valence-corrected chi connectivity index (χ2v) is 1.41. The summed E-state index contributed by atoms with van der Waals surface area (Å²) >= 11 is 0. The van der Waals surface area contributed by atoms with Gasteiger partial charge in [-0.3, -0.25) is 0 Å². The number of hydrogen-bond acceptors (Lipinski definition) is 1. The van der Waals surface area contributed by atoms with Crippen LogP contribution in [0.25, 0.3) is 0 Å². The minimum absolute atomic E-state index is 0.478. The van der Waals surface area contributed by atoms with Gasteiger partial charge >= 0.3 is 0 Å². The van der Waals surface area contributed by atoms with Crippen LogP contribution in [0.3, 0.4) is 0 Å². The van der Waals surface area contributed by atoms with Gasteiger partial charge in [0.2, 0.25) is 5.95 Å². The molecule has 1 aromatic rings. The van der Waals surface area contributed by atoms with Gasteiger partial charge in [-0.25, -0.2) is 4.98 Å². The van der Waals surface area contributed by atoms with Crippen molar-refractivity contribution in [2.75, 3.05) is 0 Å². The van der Waals surface area contributed by atoms with Crippen LogP contribution in [0.2, 0.25) is 0 Å². The van der Waals surface area contributed by atoms with Crippen LogP contribution in [0.4, 0.5) is 4.39 Å². The van der Waals surface area contributed by atoms with Crippen LogP contribution in [-0.2, 0) is 0 Å². The third-order valence-corrected chi connectivity index (χ3v) is 0.750. The molecule has 0 bridgehead atoms. The zero-order valence-corrected chi connectivity index (χ0v) is 6.13. The Labute approximate surface area is 61.7 Å². The smallest absolute Gasteiger partial charge is 0.212 e. The zero-order chi connectivity index (χ0) is 7.98. The van der Waals surface area contributed by atoms with E-state index in [0.717, 1.165) is 0 Å². The van der Waals surface area contributed by atoms with E-state index >= 15 is 0 Å². The molecule has 0 saturated carbocycles. The lowest BCUT2D eigenvalue weighted by Crippen LogP contribution is -2.02. The Hall–Kier alpha value is -0.855. The molecule has 52 valence electrons. The van der Waals surface area contributed by atoms with Gasteiger partial charge in [0.25, 0.3) is 0 Å². The monoisotopic (exact) mass is 137 g/mol. The maximum absolute atomic E-state index is 11.9.